The number of carbonyl (C=O) groups excluding carboxylic acids is 3. The van der Waals surface area contributed by atoms with Gasteiger partial charge in [-0.1, -0.05) is 0 Å². The number of carbonyl (C=O) groups is 3. The highest BCUT2D eigenvalue weighted by atomic mass is 16.6. The van der Waals surface area contributed by atoms with E-state index in [1.165, 1.54) is 24.3 Å². The van der Waals surface area contributed by atoms with Gasteiger partial charge in [0.05, 0.1) is 17.4 Å². The Morgan fingerprint density at radius 1 is 1.21 bits per heavy atom. The molecule has 1 aliphatic rings. The van der Waals surface area contributed by atoms with Gasteiger partial charge in [-0.05, 0) is 51.8 Å². The van der Waals surface area contributed by atoms with Gasteiger partial charge in [-0.15, -0.1) is 0 Å². The molecular weight excluding hydrogens is 384 g/mol. The van der Waals surface area contributed by atoms with E-state index in [2.05, 4.69) is 5.32 Å². The first-order valence-corrected chi connectivity index (χ1v) is 9.07. The second-order valence-corrected chi connectivity index (χ2v) is 7.61. The lowest BCUT2D eigenvalue weighted by Gasteiger charge is -2.23. The number of benzene rings is 1. The third kappa shape index (κ3) is 5.66. The summed E-state index contributed by atoms with van der Waals surface area (Å²) in [6.07, 6.45) is -0.818. The van der Waals surface area contributed by atoms with Crippen LogP contribution < -0.4 is 5.32 Å². The molecule has 2 atom stereocenters. The van der Waals surface area contributed by atoms with E-state index < -0.39 is 40.0 Å². The van der Waals surface area contributed by atoms with Gasteiger partial charge in [0, 0.05) is 12.1 Å². The van der Waals surface area contributed by atoms with Crippen LogP contribution in [0.15, 0.2) is 24.3 Å². The molecule has 1 amide bonds. The highest BCUT2D eigenvalue weighted by Crippen LogP contribution is 2.46. The van der Waals surface area contributed by atoms with E-state index in [9.17, 15) is 24.5 Å². The first-order valence-electron chi connectivity index (χ1n) is 9.07. The van der Waals surface area contributed by atoms with E-state index in [0.29, 0.717) is 5.56 Å². The summed E-state index contributed by atoms with van der Waals surface area (Å²) >= 11 is 0. The molecule has 1 aromatic rings. The average Bonchev–Trinajstić information content (AvgIpc) is 3.34. The zero-order valence-electron chi connectivity index (χ0n) is 16.7. The van der Waals surface area contributed by atoms with Crippen LogP contribution in [0, 0.1) is 16.0 Å². The molecule has 1 aliphatic carbocycles. The van der Waals surface area contributed by atoms with Gasteiger partial charge in [-0.25, -0.2) is 9.59 Å². The maximum atomic E-state index is 12.7. The SMILES string of the molecule is CCOC(=O)[C@@H]1C[C@@]1(NC(=O)OC(C)(C)C)C(=O)OCc1ccc([N+](=O)[O-])cc1. The number of esters is 2. The van der Waals surface area contributed by atoms with Crippen LogP contribution in [0.5, 0.6) is 0 Å². The predicted octanol–water partition coefficient (Wildman–Crippen LogP) is 2.48. The molecule has 0 radical (unpaired) electrons. The number of nitrogens with zero attached hydrogens (tertiary/aromatic N) is 1. The summed E-state index contributed by atoms with van der Waals surface area (Å²) in [5.74, 6) is -2.30. The summed E-state index contributed by atoms with van der Waals surface area (Å²) in [6.45, 7) is 6.60. The van der Waals surface area contributed by atoms with E-state index >= 15 is 0 Å². The molecule has 0 aliphatic heterocycles. The minimum absolute atomic E-state index is 0.0319. The zero-order chi connectivity index (χ0) is 21.8. The zero-order valence-corrected chi connectivity index (χ0v) is 16.7. The summed E-state index contributed by atoms with van der Waals surface area (Å²) < 4.78 is 15.4. The first kappa shape index (κ1) is 22.1. The van der Waals surface area contributed by atoms with Gasteiger partial charge in [0.15, 0.2) is 5.54 Å². The number of non-ortho nitro benzene ring substituents is 1. The maximum Gasteiger partial charge on any atom is 0.408 e. The molecule has 2 rings (SSSR count). The van der Waals surface area contributed by atoms with Crippen LogP contribution in [0.2, 0.25) is 0 Å². The highest BCUT2D eigenvalue weighted by molar-refractivity contribution is 5.97. The number of ether oxygens (including phenoxy) is 3. The third-order valence-electron chi connectivity index (χ3n) is 4.14. The summed E-state index contributed by atoms with van der Waals surface area (Å²) in [7, 11) is 0. The Balaban J connectivity index is 2.08. The van der Waals surface area contributed by atoms with Crippen LogP contribution in [-0.4, -0.2) is 40.7 Å². The van der Waals surface area contributed by atoms with E-state index in [1.54, 1.807) is 27.7 Å². The van der Waals surface area contributed by atoms with Gasteiger partial charge in [0.25, 0.3) is 5.69 Å². The summed E-state index contributed by atoms with van der Waals surface area (Å²) in [5.41, 5.74) is -1.92. The molecule has 1 saturated carbocycles. The topological polar surface area (TPSA) is 134 Å². The molecule has 1 N–H and O–H groups in total. The summed E-state index contributed by atoms with van der Waals surface area (Å²) in [4.78, 5) is 47.1. The number of nitrogens with one attached hydrogen (secondary N) is 1. The number of nitro groups is 1. The van der Waals surface area contributed by atoms with Crippen LogP contribution in [0.1, 0.15) is 39.7 Å². The molecule has 10 heteroatoms. The Bertz CT molecular complexity index is 799. The Labute approximate surface area is 167 Å². The molecule has 10 nitrogen and oxygen atoms in total. The molecule has 0 aromatic heterocycles. The van der Waals surface area contributed by atoms with Gasteiger partial charge in [0.1, 0.15) is 12.2 Å². The van der Waals surface area contributed by atoms with Crippen LogP contribution in [0.3, 0.4) is 0 Å². The lowest BCUT2D eigenvalue weighted by atomic mass is 10.2. The Morgan fingerprint density at radius 2 is 1.83 bits per heavy atom. The molecule has 0 heterocycles. The second-order valence-electron chi connectivity index (χ2n) is 7.61. The van der Waals surface area contributed by atoms with Gasteiger partial charge in [-0.3, -0.25) is 14.9 Å². The van der Waals surface area contributed by atoms with Gasteiger partial charge >= 0.3 is 18.0 Å². The van der Waals surface area contributed by atoms with Crippen molar-refractivity contribution in [2.75, 3.05) is 6.61 Å². The van der Waals surface area contributed by atoms with Crippen LogP contribution in [-0.2, 0) is 30.4 Å². The van der Waals surface area contributed by atoms with Crippen molar-refractivity contribution in [3.8, 4) is 0 Å². The minimum Gasteiger partial charge on any atom is -0.466 e. The van der Waals surface area contributed by atoms with Gasteiger partial charge < -0.3 is 19.5 Å². The quantitative estimate of drug-likeness (QED) is 0.315. The van der Waals surface area contributed by atoms with Crippen LogP contribution in [0.4, 0.5) is 10.5 Å². The third-order valence-corrected chi connectivity index (χ3v) is 4.14. The molecule has 0 saturated heterocycles. The number of alkyl carbamates (subject to hydrolysis) is 1. The Hall–Kier alpha value is -3.17. The largest absolute Gasteiger partial charge is 0.466 e. The molecular formula is C19H24N2O8. The molecule has 29 heavy (non-hydrogen) atoms. The average molecular weight is 408 g/mol. The van der Waals surface area contributed by atoms with Crippen molar-refractivity contribution >= 4 is 23.7 Å². The van der Waals surface area contributed by atoms with Crippen LogP contribution >= 0.6 is 0 Å². The normalized spacial score (nSPS) is 20.3. The van der Waals surface area contributed by atoms with Crippen molar-refractivity contribution in [1.29, 1.82) is 0 Å². The number of hydrogen-bond donors (Lipinski definition) is 1. The smallest absolute Gasteiger partial charge is 0.408 e. The van der Waals surface area contributed by atoms with Crippen LogP contribution in [0.25, 0.3) is 0 Å². The summed E-state index contributed by atoms with van der Waals surface area (Å²) in [5, 5.41) is 13.1. The van der Waals surface area contributed by atoms with E-state index in [4.69, 9.17) is 14.2 Å². The van der Waals surface area contributed by atoms with E-state index in [0.717, 1.165) is 0 Å². The number of nitro benzene ring substituents is 1. The fourth-order valence-corrected chi connectivity index (χ4v) is 2.68. The van der Waals surface area contributed by atoms with Gasteiger partial charge in [0.2, 0.25) is 0 Å². The maximum absolute atomic E-state index is 12.7. The standard InChI is InChI=1S/C19H24N2O8/c1-5-27-15(22)14-10-19(14,20-17(24)29-18(2,3)4)16(23)28-11-12-6-8-13(9-7-12)21(25)26/h6-9,14H,5,10-11H2,1-4H3,(H,20,24)/t14-,19-/m0/s1. The Kier molecular flexibility index (Phi) is 6.45. The van der Waals surface area contributed by atoms with Crippen molar-refractivity contribution in [1.82, 2.24) is 5.32 Å². The molecule has 0 unspecified atom stereocenters. The molecule has 0 spiro atoms. The molecule has 1 aromatic carbocycles. The number of hydrogen-bond acceptors (Lipinski definition) is 8. The number of amides is 1. The molecule has 158 valence electrons. The lowest BCUT2D eigenvalue weighted by Crippen LogP contribution is -2.48. The van der Waals surface area contributed by atoms with Gasteiger partial charge in [-0.2, -0.15) is 0 Å². The first-order chi connectivity index (χ1) is 13.5. The van der Waals surface area contributed by atoms with Crippen molar-refractivity contribution in [2.24, 2.45) is 5.92 Å². The van der Waals surface area contributed by atoms with Crippen molar-refractivity contribution in [2.45, 2.75) is 51.9 Å². The minimum atomic E-state index is -1.56. The predicted molar refractivity (Wildman–Crippen MR) is 99.7 cm³/mol. The molecule has 1 fully saturated rings. The number of rotatable bonds is 7. The fourth-order valence-electron chi connectivity index (χ4n) is 2.68. The van der Waals surface area contributed by atoms with E-state index in [-0.39, 0.29) is 25.3 Å². The summed E-state index contributed by atoms with van der Waals surface area (Å²) in [6, 6.07) is 5.48. The Morgan fingerprint density at radius 3 is 2.34 bits per heavy atom. The van der Waals surface area contributed by atoms with Crippen molar-refractivity contribution in [3.05, 3.63) is 39.9 Å². The monoisotopic (exact) mass is 408 g/mol. The fraction of sp³-hybridized carbons (Fsp3) is 0.526. The molecule has 0 bridgehead atoms. The second kappa shape index (κ2) is 8.46. The van der Waals surface area contributed by atoms with Crippen molar-refractivity contribution < 1.29 is 33.5 Å². The van der Waals surface area contributed by atoms with Crippen molar-refractivity contribution in [3.63, 3.8) is 0 Å². The lowest BCUT2D eigenvalue weighted by molar-refractivity contribution is -0.384. The van der Waals surface area contributed by atoms with E-state index in [1.807, 2.05) is 0 Å². The highest BCUT2D eigenvalue weighted by Gasteiger charge is 2.67.